The second-order valence-electron chi connectivity index (χ2n) is 8.94. The molecule has 1 N–H and O–H groups in total. The standard InChI is InChI=1S/C26H32N4O3/c1-16(2)19-10-9-11-20(17(3)4)24(19)29-23(31)15-33-26(32)21-14-28-30(25(21)18(5)6)22-12-7-8-13-27-22/h7-14,16-18H,15H2,1-6H3,(H,29,31). The minimum absolute atomic E-state index is 0.00241. The average Bonchev–Trinajstić information content (AvgIpc) is 3.23. The number of carbonyl (C=O) groups excluding carboxylic acids is 2. The van der Waals surface area contributed by atoms with Gasteiger partial charge < -0.3 is 10.1 Å². The van der Waals surface area contributed by atoms with Crippen LogP contribution >= 0.6 is 0 Å². The molecule has 2 aromatic heterocycles. The van der Waals surface area contributed by atoms with Crippen molar-refractivity contribution < 1.29 is 14.3 Å². The molecule has 33 heavy (non-hydrogen) atoms. The summed E-state index contributed by atoms with van der Waals surface area (Å²) < 4.78 is 7.01. The van der Waals surface area contributed by atoms with Crippen LogP contribution in [-0.4, -0.2) is 33.2 Å². The largest absolute Gasteiger partial charge is 0.452 e. The van der Waals surface area contributed by atoms with Gasteiger partial charge in [-0.15, -0.1) is 0 Å². The lowest BCUT2D eigenvalue weighted by Crippen LogP contribution is -2.23. The number of amides is 1. The molecular formula is C26H32N4O3. The molecule has 0 aliphatic rings. The summed E-state index contributed by atoms with van der Waals surface area (Å²) in [4.78, 5) is 29.9. The number of carbonyl (C=O) groups is 2. The topological polar surface area (TPSA) is 86.1 Å². The van der Waals surface area contributed by atoms with E-state index in [1.54, 1.807) is 10.9 Å². The van der Waals surface area contributed by atoms with Gasteiger partial charge in [0.25, 0.3) is 5.91 Å². The van der Waals surface area contributed by atoms with Crippen molar-refractivity contribution in [3.63, 3.8) is 0 Å². The molecule has 0 saturated carbocycles. The molecule has 1 amide bonds. The third kappa shape index (κ3) is 5.48. The van der Waals surface area contributed by atoms with Gasteiger partial charge in [-0.2, -0.15) is 5.10 Å². The van der Waals surface area contributed by atoms with Crippen LogP contribution in [0.5, 0.6) is 0 Å². The van der Waals surface area contributed by atoms with Crippen molar-refractivity contribution in [1.29, 1.82) is 0 Å². The van der Waals surface area contributed by atoms with E-state index in [-0.39, 0.29) is 30.3 Å². The number of nitrogens with one attached hydrogen (secondary N) is 1. The van der Waals surface area contributed by atoms with E-state index in [0.717, 1.165) is 16.8 Å². The minimum atomic E-state index is -0.586. The van der Waals surface area contributed by atoms with Crippen molar-refractivity contribution in [1.82, 2.24) is 14.8 Å². The Bertz CT molecular complexity index is 1090. The van der Waals surface area contributed by atoms with Crippen LogP contribution < -0.4 is 5.32 Å². The van der Waals surface area contributed by atoms with Crippen LogP contribution in [-0.2, 0) is 9.53 Å². The third-order valence-electron chi connectivity index (χ3n) is 5.41. The Balaban J connectivity index is 1.76. The highest BCUT2D eigenvalue weighted by Crippen LogP contribution is 2.32. The van der Waals surface area contributed by atoms with E-state index < -0.39 is 5.97 Å². The van der Waals surface area contributed by atoms with E-state index in [9.17, 15) is 9.59 Å². The fourth-order valence-corrected chi connectivity index (χ4v) is 3.81. The number of aromatic nitrogens is 3. The molecule has 0 aliphatic heterocycles. The number of hydrogen-bond donors (Lipinski definition) is 1. The molecule has 7 heteroatoms. The molecule has 0 saturated heterocycles. The molecule has 0 atom stereocenters. The Kier molecular flexibility index (Phi) is 7.63. The summed E-state index contributed by atoms with van der Waals surface area (Å²) in [7, 11) is 0. The van der Waals surface area contributed by atoms with Crippen molar-refractivity contribution in [2.75, 3.05) is 11.9 Å². The van der Waals surface area contributed by atoms with E-state index in [0.29, 0.717) is 17.1 Å². The number of nitrogens with zero attached hydrogens (tertiary/aromatic N) is 3. The highest BCUT2D eigenvalue weighted by Gasteiger charge is 2.23. The molecule has 0 aliphatic carbocycles. The fourth-order valence-electron chi connectivity index (χ4n) is 3.81. The molecule has 0 fully saturated rings. The van der Waals surface area contributed by atoms with Crippen LogP contribution in [0.2, 0.25) is 0 Å². The minimum Gasteiger partial charge on any atom is -0.452 e. The van der Waals surface area contributed by atoms with Crippen molar-refractivity contribution in [3.8, 4) is 5.82 Å². The zero-order chi connectivity index (χ0) is 24.1. The highest BCUT2D eigenvalue weighted by atomic mass is 16.5. The number of para-hydroxylation sites is 1. The first kappa shape index (κ1) is 24.2. The Hall–Kier alpha value is -3.48. The van der Waals surface area contributed by atoms with Gasteiger partial charge in [0.1, 0.15) is 5.56 Å². The average molecular weight is 449 g/mol. The number of ether oxygens (including phenoxy) is 1. The van der Waals surface area contributed by atoms with Crippen LogP contribution in [0.15, 0.2) is 48.8 Å². The molecular weight excluding hydrogens is 416 g/mol. The Labute approximate surface area is 195 Å². The molecule has 0 unspecified atom stereocenters. The molecule has 2 heterocycles. The van der Waals surface area contributed by atoms with Crippen LogP contribution in [0.4, 0.5) is 5.69 Å². The van der Waals surface area contributed by atoms with Gasteiger partial charge in [-0.25, -0.2) is 14.5 Å². The van der Waals surface area contributed by atoms with Gasteiger partial charge in [-0.1, -0.05) is 65.8 Å². The van der Waals surface area contributed by atoms with Crippen molar-refractivity contribution in [2.45, 2.75) is 59.3 Å². The lowest BCUT2D eigenvalue weighted by Gasteiger charge is -2.20. The first-order valence-corrected chi connectivity index (χ1v) is 11.3. The molecule has 0 spiro atoms. The first-order chi connectivity index (χ1) is 15.7. The quantitative estimate of drug-likeness (QED) is 0.464. The number of pyridine rings is 1. The summed E-state index contributed by atoms with van der Waals surface area (Å²) in [5.41, 5.74) is 3.92. The molecule has 1 aromatic carbocycles. The van der Waals surface area contributed by atoms with Crippen LogP contribution in [0.1, 0.15) is 86.5 Å². The van der Waals surface area contributed by atoms with E-state index in [2.05, 4.69) is 43.1 Å². The maximum Gasteiger partial charge on any atom is 0.342 e. The zero-order valence-corrected chi connectivity index (χ0v) is 20.1. The second-order valence-corrected chi connectivity index (χ2v) is 8.94. The fraction of sp³-hybridized carbons (Fsp3) is 0.385. The lowest BCUT2D eigenvalue weighted by molar-refractivity contribution is -0.119. The normalized spacial score (nSPS) is 11.3. The number of rotatable bonds is 8. The van der Waals surface area contributed by atoms with Crippen LogP contribution in [0, 0.1) is 0 Å². The number of hydrogen-bond acceptors (Lipinski definition) is 5. The van der Waals surface area contributed by atoms with E-state index in [1.165, 1.54) is 6.20 Å². The van der Waals surface area contributed by atoms with Crippen molar-refractivity contribution in [3.05, 3.63) is 71.2 Å². The van der Waals surface area contributed by atoms with E-state index >= 15 is 0 Å². The number of benzene rings is 1. The van der Waals surface area contributed by atoms with Gasteiger partial charge in [0.15, 0.2) is 12.4 Å². The summed E-state index contributed by atoms with van der Waals surface area (Å²) >= 11 is 0. The third-order valence-corrected chi connectivity index (χ3v) is 5.41. The van der Waals surface area contributed by atoms with Crippen molar-refractivity contribution in [2.24, 2.45) is 0 Å². The van der Waals surface area contributed by atoms with Gasteiger partial charge in [0, 0.05) is 11.9 Å². The molecule has 7 nitrogen and oxygen atoms in total. The number of anilines is 1. The zero-order valence-electron chi connectivity index (χ0n) is 20.1. The predicted molar refractivity (Wildman–Crippen MR) is 129 cm³/mol. The Morgan fingerprint density at radius 1 is 0.939 bits per heavy atom. The molecule has 0 radical (unpaired) electrons. The maximum absolute atomic E-state index is 12.8. The molecule has 174 valence electrons. The monoisotopic (exact) mass is 448 g/mol. The molecule has 0 bridgehead atoms. The Morgan fingerprint density at radius 3 is 2.15 bits per heavy atom. The van der Waals surface area contributed by atoms with Crippen LogP contribution in [0.3, 0.4) is 0 Å². The summed E-state index contributed by atoms with van der Waals surface area (Å²) in [6.45, 7) is 11.9. The molecule has 3 rings (SSSR count). The smallest absolute Gasteiger partial charge is 0.342 e. The van der Waals surface area contributed by atoms with Gasteiger partial charge in [-0.3, -0.25) is 4.79 Å². The SMILES string of the molecule is CC(C)c1cccc(C(C)C)c1NC(=O)COC(=O)c1cnn(-c2ccccn2)c1C(C)C. The second kappa shape index (κ2) is 10.4. The summed E-state index contributed by atoms with van der Waals surface area (Å²) in [6, 6.07) is 11.5. The first-order valence-electron chi connectivity index (χ1n) is 11.3. The van der Waals surface area contributed by atoms with Gasteiger partial charge in [0.2, 0.25) is 0 Å². The summed E-state index contributed by atoms with van der Waals surface area (Å²) in [5, 5.41) is 7.31. The highest BCUT2D eigenvalue weighted by molar-refractivity contribution is 5.97. The van der Waals surface area contributed by atoms with E-state index in [1.807, 2.05) is 50.2 Å². The van der Waals surface area contributed by atoms with Crippen LogP contribution in [0.25, 0.3) is 5.82 Å². The predicted octanol–water partition coefficient (Wildman–Crippen LogP) is 5.43. The lowest BCUT2D eigenvalue weighted by atomic mass is 9.92. The molecule has 3 aromatic rings. The van der Waals surface area contributed by atoms with Gasteiger partial charge >= 0.3 is 5.97 Å². The number of esters is 1. The van der Waals surface area contributed by atoms with E-state index in [4.69, 9.17) is 4.74 Å². The maximum atomic E-state index is 12.8. The van der Waals surface area contributed by atoms with Gasteiger partial charge in [0.05, 0.1) is 11.9 Å². The Morgan fingerprint density at radius 2 is 1.61 bits per heavy atom. The summed E-state index contributed by atoms with van der Waals surface area (Å²) in [6.07, 6.45) is 3.14. The van der Waals surface area contributed by atoms with Crippen molar-refractivity contribution >= 4 is 17.6 Å². The van der Waals surface area contributed by atoms with Gasteiger partial charge in [-0.05, 0) is 41.0 Å². The summed E-state index contributed by atoms with van der Waals surface area (Å²) in [5.74, 6) is 0.140.